The molecule has 2 aromatic carbocycles. The minimum absolute atomic E-state index is 0.0603. The van der Waals surface area contributed by atoms with Crippen LogP contribution in [0.15, 0.2) is 52.3 Å². The van der Waals surface area contributed by atoms with Crippen molar-refractivity contribution >= 4 is 17.0 Å². The summed E-state index contributed by atoms with van der Waals surface area (Å²) in [6, 6.07) is 13.8. The van der Waals surface area contributed by atoms with E-state index in [2.05, 4.69) is 11.8 Å². The second kappa shape index (κ2) is 8.44. The lowest BCUT2D eigenvalue weighted by atomic mass is 10.1. The van der Waals surface area contributed by atoms with Crippen LogP contribution in [0.5, 0.6) is 5.88 Å². The van der Waals surface area contributed by atoms with Crippen LogP contribution < -0.4 is 5.56 Å². The summed E-state index contributed by atoms with van der Waals surface area (Å²) in [5, 5.41) is 12.5. The van der Waals surface area contributed by atoms with Crippen molar-refractivity contribution in [3.05, 3.63) is 69.5 Å². The number of aromatic nitrogens is 1. The molecule has 1 aliphatic heterocycles. The molecule has 1 saturated heterocycles. The zero-order chi connectivity index (χ0) is 21.3. The highest BCUT2D eigenvalue weighted by molar-refractivity contribution is 6.01. The monoisotopic (exact) mass is 403 g/mol. The van der Waals surface area contributed by atoms with Crippen LogP contribution in [0, 0.1) is 13.8 Å². The maximum Gasteiger partial charge on any atom is 0.265 e. The lowest BCUT2D eigenvalue weighted by molar-refractivity contribution is 0.273. The summed E-state index contributed by atoms with van der Waals surface area (Å²) in [6.07, 6.45) is 4.10. The molecule has 2 heterocycles. The molecule has 156 valence electrons. The molecule has 0 aliphatic carbocycles. The van der Waals surface area contributed by atoms with Crippen LogP contribution in [0.2, 0.25) is 0 Å². The van der Waals surface area contributed by atoms with E-state index in [1.165, 1.54) is 11.0 Å². The Morgan fingerprint density at radius 1 is 1.17 bits per heavy atom. The summed E-state index contributed by atoms with van der Waals surface area (Å²) < 4.78 is 1.42. The van der Waals surface area contributed by atoms with Gasteiger partial charge in [0.25, 0.3) is 5.56 Å². The van der Waals surface area contributed by atoms with Crippen molar-refractivity contribution in [1.82, 2.24) is 9.47 Å². The summed E-state index contributed by atoms with van der Waals surface area (Å²) in [7, 11) is 0. The highest BCUT2D eigenvalue weighted by Crippen LogP contribution is 2.28. The molecule has 5 heteroatoms. The third-order valence-corrected chi connectivity index (χ3v) is 6.15. The molecule has 1 atom stereocenters. The van der Waals surface area contributed by atoms with E-state index in [0.717, 1.165) is 36.0 Å². The normalized spacial score (nSPS) is 17.4. The van der Waals surface area contributed by atoms with Gasteiger partial charge in [0, 0.05) is 23.0 Å². The zero-order valence-electron chi connectivity index (χ0n) is 17.9. The summed E-state index contributed by atoms with van der Waals surface area (Å²) in [5.74, 6) is -0.0603. The van der Waals surface area contributed by atoms with Crippen LogP contribution >= 0.6 is 0 Å². The maximum atomic E-state index is 13.3. The number of nitrogens with zero attached hydrogens (tertiary/aromatic N) is 3. The summed E-state index contributed by atoms with van der Waals surface area (Å²) in [4.78, 5) is 20.4. The highest BCUT2D eigenvalue weighted by atomic mass is 16.3. The first-order valence-electron chi connectivity index (χ1n) is 10.7. The minimum Gasteiger partial charge on any atom is -0.494 e. The molecule has 3 aromatic rings. The Morgan fingerprint density at radius 2 is 1.93 bits per heavy atom. The van der Waals surface area contributed by atoms with Crippen molar-refractivity contribution < 1.29 is 5.11 Å². The quantitative estimate of drug-likeness (QED) is 0.649. The Labute approximate surface area is 177 Å². The Kier molecular flexibility index (Phi) is 5.73. The van der Waals surface area contributed by atoms with E-state index in [1.807, 2.05) is 56.3 Å². The standard InChI is InChI=1S/C25H29N3O2/c1-4-27-13-7-8-19(27)15-26-16-22-20-9-5-6-10-21(20)24(29)28(25(22)30)23-14-17(2)11-12-18(23)3/h5-6,9-12,14,16,19,30H,4,7-8,13,15H2,1-3H3/t19-/m1/s1. The van der Waals surface area contributed by atoms with Gasteiger partial charge in [-0.05, 0) is 63.0 Å². The van der Waals surface area contributed by atoms with Gasteiger partial charge >= 0.3 is 0 Å². The number of aryl methyl sites for hydroxylation is 2. The number of pyridine rings is 1. The van der Waals surface area contributed by atoms with E-state index in [-0.39, 0.29) is 11.4 Å². The first kappa shape index (κ1) is 20.4. The van der Waals surface area contributed by atoms with Crippen LogP contribution in [0.1, 0.15) is 36.5 Å². The smallest absolute Gasteiger partial charge is 0.265 e. The van der Waals surface area contributed by atoms with E-state index in [4.69, 9.17) is 4.99 Å². The van der Waals surface area contributed by atoms with Gasteiger partial charge in [-0.15, -0.1) is 0 Å². The summed E-state index contributed by atoms with van der Waals surface area (Å²) >= 11 is 0. The average molecular weight is 404 g/mol. The first-order valence-corrected chi connectivity index (χ1v) is 10.7. The van der Waals surface area contributed by atoms with Crippen LogP contribution in [0.3, 0.4) is 0 Å². The van der Waals surface area contributed by atoms with Gasteiger partial charge in [-0.1, -0.05) is 37.3 Å². The predicted molar refractivity (Wildman–Crippen MR) is 123 cm³/mol. The SMILES string of the molecule is CCN1CCC[C@@H]1CN=Cc1c(O)n(-c2cc(C)ccc2C)c(=O)c2ccccc12. The van der Waals surface area contributed by atoms with Gasteiger partial charge < -0.3 is 5.11 Å². The van der Waals surface area contributed by atoms with Gasteiger partial charge in [-0.2, -0.15) is 0 Å². The molecule has 0 radical (unpaired) electrons. The highest BCUT2D eigenvalue weighted by Gasteiger charge is 2.22. The lowest BCUT2D eigenvalue weighted by Gasteiger charge is -2.20. The molecule has 1 aliphatic rings. The number of aliphatic imine (C=N–C) groups is 1. The number of likely N-dealkylation sites (tertiary alicyclic amines) is 1. The summed E-state index contributed by atoms with van der Waals surface area (Å²) in [6.45, 7) is 8.97. The minimum atomic E-state index is -0.220. The Hall–Kier alpha value is -2.92. The number of fused-ring (bicyclic) bond motifs is 1. The molecular weight excluding hydrogens is 374 g/mol. The van der Waals surface area contributed by atoms with Crippen LogP contribution in [-0.2, 0) is 0 Å². The lowest BCUT2D eigenvalue weighted by Crippen LogP contribution is -2.31. The first-order chi connectivity index (χ1) is 14.5. The number of rotatable bonds is 5. The molecule has 30 heavy (non-hydrogen) atoms. The molecule has 1 aromatic heterocycles. The second-order valence-corrected chi connectivity index (χ2v) is 8.13. The number of benzene rings is 2. The van der Waals surface area contributed by atoms with Crippen molar-refractivity contribution in [1.29, 1.82) is 0 Å². The maximum absolute atomic E-state index is 13.3. The van der Waals surface area contributed by atoms with Crippen molar-refractivity contribution in [2.45, 2.75) is 39.7 Å². The molecule has 0 spiro atoms. The second-order valence-electron chi connectivity index (χ2n) is 8.13. The fourth-order valence-corrected chi connectivity index (χ4v) is 4.46. The molecule has 0 unspecified atom stereocenters. The van der Waals surface area contributed by atoms with E-state index < -0.39 is 0 Å². The van der Waals surface area contributed by atoms with Gasteiger partial charge in [0.1, 0.15) is 0 Å². The Bertz CT molecular complexity index is 1160. The van der Waals surface area contributed by atoms with Crippen LogP contribution in [0.4, 0.5) is 0 Å². The van der Waals surface area contributed by atoms with Gasteiger partial charge in [-0.3, -0.25) is 14.7 Å². The predicted octanol–water partition coefficient (Wildman–Crippen LogP) is 4.22. The van der Waals surface area contributed by atoms with Crippen molar-refractivity contribution in [3.8, 4) is 11.6 Å². The zero-order valence-corrected chi connectivity index (χ0v) is 17.9. The van der Waals surface area contributed by atoms with Gasteiger partial charge in [0.2, 0.25) is 5.88 Å². The molecule has 1 N–H and O–H groups in total. The van der Waals surface area contributed by atoms with E-state index >= 15 is 0 Å². The molecule has 0 saturated carbocycles. The molecule has 4 rings (SSSR count). The molecule has 0 bridgehead atoms. The topological polar surface area (TPSA) is 57.8 Å². The molecule has 0 amide bonds. The average Bonchev–Trinajstić information content (AvgIpc) is 3.20. The van der Waals surface area contributed by atoms with E-state index in [9.17, 15) is 9.90 Å². The largest absolute Gasteiger partial charge is 0.494 e. The van der Waals surface area contributed by atoms with Crippen molar-refractivity contribution in [3.63, 3.8) is 0 Å². The number of likely N-dealkylation sites (N-methyl/N-ethyl adjacent to an activating group) is 1. The Balaban J connectivity index is 1.84. The van der Waals surface area contributed by atoms with Crippen molar-refractivity contribution in [2.24, 2.45) is 4.99 Å². The van der Waals surface area contributed by atoms with Crippen LogP contribution in [-0.4, -0.2) is 46.5 Å². The van der Waals surface area contributed by atoms with Crippen molar-refractivity contribution in [2.75, 3.05) is 19.6 Å². The van der Waals surface area contributed by atoms with Gasteiger partial charge in [0.05, 0.1) is 17.8 Å². The summed E-state index contributed by atoms with van der Waals surface area (Å²) in [5.41, 5.74) is 3.03. The number of hydrogen-bond donors (Lipinski definition) is 1. The Morgan fingerprint density at radius 3 is 2.70 bits per heavy atom. The molecular formula is C25H29N3O2. The molecule has 1 fully saturated rings. The van der Waals surface area contributed by atoms with Gasteiger partial charge in [0.15, 0.2) is 0 Å². The van der Waals surface area contributed by atoms with Gasteiger partial charge in [-0.25, -0.2) is 4.57 Å². The number of hydrogen-bond acceptors (Lipinski definition) is 4. The third-order valence-electron chi connectivity index (χ3n) is 6.15. The fourth-order valence-electron chi connectivity index (χ4n) is 4.46. The van der Waals surface area contributed by atoms with E-state index in [1.54, 1.807) is 6.21 Å². The molecule has 5 nitrogen and oxygen atoms in total. The van der Waals surface area contributed by atoms with E-state index in [0.29, 0.717) is 29.2 Å². The fraction of sp³-hybridized carbons (Fsp3) is 0.360. The third kappa shape index (κ3) is 3.65. The number of aromatic hydroxyl groups is 1. The van der Waals surface area contributed by atoms with Crippen LogP contribution in [0.25, 0.3) is 16.5 Å².